The summed E-state index contributed by atoms with van der Waals surface area (Å²) in [6.07, 6.45) is 8.68. The largest absolute Gasteiger partial charge is 0.0654 e. The van der Waals surface area contributed by atoms with Gasteiger partial charge in [-0.3, -0.25) is 0 Å². The van der Waals surface area contributed by atoms with Gasteiger partial charge in [-0.1, -0.05) is 53.4 Å². The Morgan fingerprint density at radius 3 is 2.29 bits per heavy atom. The maximum Gasteiger partial charge on any atom is -0.0380 e. The average Bonchev–Trinajstić information content (AvgIpc) is 2.92. The van der Waals surface area contributed by atoms with Crippen LogP contribution in [0.25, 0.3) is 0 Å². The number of hydrogen-bond acceptors (Lipinski definition) is 0. The number of hydrogen-bond donors (Lipinski definition) is 0. The molecule has 0 aliphatic heterocycles. The molecule has 0 amide bonds. The summed E-state index contributed by atoms with van der Waals surface area (Å²) in [5.41, 5.74) is 0. The summed E-state index contributed by atoms with van der Waals surface area (Å²) in [7, 11) is 0. The molecule has 0 spiro atoms. The van der Waals surface area contributed by atoms with Crippen LogP contribution in [0, 0.1) is 23.7 Å². The van der Waals surface area contributed by atoms with E-state index in [-0.39, 0.29) is 0 Å². The third-order valence-corrected chi connectivity index (χ3v) is 4.25. The predicted octanol–water partition coefficient (Wildman–Crippen LogP) is 4.89. The molecule has 0 aromatic rings. The van der Waals surface area contributed by atoms with E-state index < -0.39 is 0 Å². The zero-order chi connectivity index (χ0) is 10.6. The molecule has 0 aromatic heterocycles. The van der Waals surface area contributed by atoms with Crippen molar-refractivity contribution in [2.75, 3.05) is 0 Å². The summed E-state index contributed by atoms with van der Waals surface area (Å²) >= 11 is 0. The van der Waals surface area contributed by atoms with Gasteiger partial charge in [0.25, 0.3) is 0 Å². The summed E-state index contributed by atoms with van der Waals surface area (Å²) in [5.74, 6) is 4.10. The highest BCUT2D eigenvalue weighted by atomic mass is 14.4. The van der Waals surface area contributed by atoms with Crippen molar-refractivity contribution in [3.63, 3.8) is 0 Å². The van der Waals surface area contributed by atoms with Crippen LogP contribution in [-0.4, -0.2) is 0 Å². The Kier molecular flexibility index (Phi) is 4.98. The van der Waals surface area contributed by atoms with Gasteiger partial charge in [-0.25, -0.2) is 0 Å². The van der Waals surface area contributed by atoms with E-state index in [2.05, 4.69) is 27.7 Å². The molecule has 0 aromatic carbocycles. The van der Waals surface area contributed by atoms with Gasteiger partial charge in [0.1, 0.15) is 0 Å². The van der Waals surface area contributed by atoms with Crippen LogP contribution in [-0.2, 0) is 0 Å². The molecule has 0 radical (unpaired) electrons. The summed E-state index contributed by atoms with van der Waals surface area (Å²) in [5, 5.41) is 0. The van der Waals surface area contributed by atoms with Crippen LogP contribution >= 0.6 is 0 Å². The van der Waals surface area contributed by atoms with Crippen molar-refractivity contribution in [1.82, 2.24) is 0 Å². The van der Waals surface area contributed by atoms with Gasteiger partial charge in [0.2, 0.25) is 0 Å². The van der Waals surface area contributed by atoms with E-state index in [1.807, 2.05) is 0 Å². The third-order valence-electron chi connectivity index (χ3n) is 4.25. The van der Waals surface area contributed by atoms with Gasteiger partial charge in [-0.05, 0) is 36.5 Å². The van der Waals surface area contributed by atoms with Crippen LogP contribution in [0.4, 0.5) is 0 Å². The molecule has 0 heteroatoms. The maximum atomic E-state index is 2.46. The van der Waals surface area contributed by atoms with Crippen molar-refractivity contribution in [1.29, 1.82) is 0 Å². The normalized spacial score (nSPS) is 30.0. The zero-order valence-electron chi connectivity index (χ0n) is 10.6. The lowest BCUT2D eigenvalue weighted by Crippen LogP contribution is -2.09. The molecule has 14 heavy (non-hydrogen) atoms. The summed E-state index contributed by atoms with van der Waals surface area (Å²) in [4.78, 5) is 0. The summed E-state index contributed by atoms with van der Waals surface area (Å²) in [6, 6.07) is 0. The van der Waals surface area contributed by atoms with Gasteiger partial charge in [0.05, 0.1) is 0 Å². The minimum Gasteiger partial charge on any atom is -0.0654 e. The SMILES string of the molecule is CCCCC(C)C(C)CC1CC1CC. The van der Waals surface area contributed by atoms with Crippen molar-refractivity contribution < 1.29 is 0 Å². The molecule has 1 aliphatic rings. The summed E-state index contributed by atoms with van der Waals surface area (Å²) < 4.78 is 0. The Morgan fingerprint density at radius 1 is 1.07 bits per heavy atom. The molecule has 4 unspecified atom stereocenters. The first kappa shape index (κ1) is 12.1. The molecule has 0 N–H and O–H groups in total. The van der Waals surface area contributed by atoms with Crippen molar-refractivity contribution in [3.8, 4) is 0 Å². The quantitative estimate of drug-likeness (QED) is 0.544. The van der Waals surface area contributed by atoms with Crippen LogP contribution < -0.4 is 0 Å². The molecule has 4 atom stereocenters. The molecule has 0 heterocycles. The van der Waals surface area contributed by atoms with Gasteiger partial charge < -0.3 is 0 Å². The van der Waals surface area contributed by atoms with E-state index in [0.29, 0.717) is 0 Å². The Labute approximate surface area is 90.5 Å². The van der Waals surface area contributed by atoms with Crippen LogP contribution in [0.1, 0.15) is 66.2 Å². The van der Waals surface area contributed by atoms with Gasteiger partial charge in [0, 0.05) is 0 Å². The highest BCUT2D eigenvalue weighted by molar-refractivity contribution is 4.86. The Hall–Kier alpha value is 0. The van der Waals surface area contributed by atoms with E-state index >= 15 is 0 Å². The second-order valence-corrected chi connectivity index (χ2v) is 5.50. The van der Waals surface area contributed by atoms with Crippen LogP contribution in [0.2, 0.25) is 0 Å². The monoisotopic (exact) mass is 196 g/mol. The second-order valence-electron chi connectivity index (χ2n) is 5.50. The highest BCUT2D eigenvalue weighted by Gasteiger charge is 2.36. The first-order chi connectivity index (χ1) is 6.69. The van der Waals surface area contributed by atoms with E-state index in [9.17, 15) is 0 Å². The standard InChI is InChI=1S/C14H28/c1-5-7-8-11(3)12(4)9-14-10-13(14)6-2/h11-14H,5-10H2,1-4H3. The Balaban J connectivity index is 2.11. The number of rotatable bonds is 7. The second kappa shape index (κ2) is 5.78. The van der Waals surface area contributed by atoms with Gasteiger partial charge in [-0.15, -0.1) is 0 Å². The van der Waals surface area contributed by atoms with Crippen molar-refractivity contribution in [2.24, 2.45) is 23.7 Å². The zero-order valence-corrected chi connectivity index (χ0v) is 10.6. The summed E-state index contributed by atoms with van der Waals surface area (Å²) in [6.45, 7) is 9.55. The molecule has 1 saturated carbocycles. The topological polar surface area (TPSA) is 0 Å². The van der Waals surface area contributed by atoms with E-state index in [4.69, 9.17) is 0 Å². The fourth-order valence-electron chi connectivity index (χ4n) is 2.62. The van der Waals surface area contributed by atoms with E-state index in [0.717, 1.165) is 23.7 Å². The Bertz CT molecular complexity index is 150. The minimum atomic E-state index is 0.952. The lowest BCUT2D eigenvalue weighted by atomic mass is 9.87. The minimum absolute atomic E-state index is 0.952. The van der Waals surface area contributed by atoms with Crippen LogP contribution in [0.3, 0.4) is 0 Å². The van der Waals surface area contributed by atoms with Crippen LogP contribution in [0.5, 0.6) is 0 Å². The number of unbranched alkanes of at least 4 members (excludes halogenated alkanes) is 1. The molecule has 0 bridgehead atoms. The third kappa shape index (κ3) is 3.63. The first-order valence-electron chi connectivity index (χ1n) is 6.69. The first-order valence-corrected chi connectivity index (χ1v) is 6.69. The average molecular weight is 196 g/mol. The molecule has 1 rings (SSSR count). The predicted molar refractivity (Wildman–Crippen MR) is 64.4 cm³/mol. The Morgan fingerprint density at radius 2 is 1.79 bits per heavy atom. The smallest absolute Gasteiger partial charge is 0.0380 e. The van der Waals surface area contributed by atoms with Crippen LogP contribution in [0.15, 0.2) is 0 Å². The van der Waals surface area contributed by atoms with Crippen molar-refractivity contribution >= 4 is 0 Å². The molecular formula is C14H28. The van der Waals surface area contributed by atoms with Gasteiger partial charge in [0.15, 0.2) is 0 Å². The van der Waals surface area contributed by atoms with Crippen molar-refractivity contribution in [3.05, 3.63) is 0 Å². The molecule has 1 aliphatic carbocycles. The highest BCUT2D eigenvalue weighted by Crippen LogP contribution is 2.46. The molecular weight excluding hydrogens is 168 g/mol. The van der Waals surface area contributed by atoms with Gasteiger partial charge in [-0.2, -0.15) is 0 Å². The maximum absolute atomic E-state index is 2.46. The van der Waals surface area contributed by atoms with Crippen molar-refractivity contribution in [2.45, 2.75) is 66.2 Å². The fraction of sp³-hybridized carbons (Fsp3) is 1.00. The molecule has 1 fully saturated rings. The lowest BCUT2D eigenvalue weighted by Gasteiger charge is -2.19. The fourth-order valence-corrected chi connectivity index (χ4v) is 2.62. The molecule has 84 valence electrons. The molecule has 0 saturated heterocycles. The van der Waals surface area contributed by atoms with Gasteiger partial charge >= 0.3 is 0 Å². The lowest BCUT2D eigenvalue weighted by molar-refractivity contribution is 0.317. The van der Waals surface area contributed by atoms with E-state index in [1.54, 1.807) is 0 Å². The molecule has 0 nitrogen and oxygen atoms in total. The van der Waals surface area contributed by atoms with E-state index in [1.165, 1.54) is 38.5 Å².